The van der Waals surface area contributed by atoms with Crippen molar-refractivity contribution in [3.63, 3.8) is 0 Å². The molecule has 0 N–H and O–H groups in total. The molecule has 1 heterocycles. The molecule has 114 valence electrons. The maximum atomic E-state index is 13.8. The molecule has 0 spiro atoms. The zero-order valence-electron chi connectivity index (χ0n) is 12.2. The summed E-state index contributed by atoms with van der Waals surface area (Å²) in [5.74, 6) is -0.353. The molecule has 1 aromatic carbocycles. The highest BCUT2D eigenvalue weighted by atomic mass is 19.1. The van der Waals surface area contributed by atoms with E-state index in [-0.39, 0.29) is 30.4 Å². The first-order valence-corrected chi connectivity index (χ1v) is 7.39. The predicted octanol–water partition coefficient (Wildman–Crippen LogP) is 2.08. The second kappa shape index (κ2) is 6.12. The number of nitrogens with zero attached hydrogens (tertiary/aromatic N) is 1. The van der Waals surface area contributed by atoms with Crippen molar-refractivity contribution in [3.8, 4) is 0 Å². The molecule has 1 saturated heterocycles. The van der Waals surface area contributed by atoms with Gasteiger partial charge in [-0.25, -0.2) is 4.39 Å². The Morgan fingerprint density at radius 3 is 3.19 bits per heavy atom. The van der Waals surface area contributed by atoms with Crippen LogP contribution in [0, 0.1) is 5.82 Å². The van der Waals surface area contributed by atoms with E-state index in [9.17, 15) is 9.18 Å². The van der Waals surface area contributed by atoms with E-state index in [1.54, 1.807) is 6.07 Å². The van der Waals surface area contributed by atoms with Gasteiger partial charge in [0.2, 0.25) is 0 Å². The van der Waals surface area contributed by atoms with Crippen molar-refractivity contribution in [1.82, 2.24) is 4.90 Å². The Morgan fingerprint density at radius 2 is 2.38 bits per heavy atom. The third-order valence-electron chi connectivity index (χ3n) is 4.41. The van der Waals surface area contributed by atoms with E-state index < -0.39 is 0 Å². The smallest absolute Gasteiger partial charge is 0.308 e. The summed E-state index contributed by atoms with van der Waals surface area (Å²) in [7, 11) is 1.39. The molecule has 0 aromatic heterocycles. The third kappa shape index (κ3) is 2.94. The number of carbonyl (C=O) groups is 1. The number of ether oxygens (including phenoxy) is 2. The Labute approximate surface area is 123 Å². The molecule has 2 aliphatic rings. The van der Waals surface area contributed by atoms with Crippen molar-refractivity contribution >= 4 is 5.97 Å². The quantitative estimate of drug-likeness (QED) is 0.800. The van der Waals surface area contributed by atoms with Crippen LogP contribution in [0.3, 0.4) is 0 Å². The third-order valence-corrected chi connectivity index (χ3v) is 4.41. The maximum Gasteiger partial charge on any atom is 0.308 e. The maximum absolute atomic E-state index is 13.8. The van der Waals surface area contributed by atoms with Gasteiger partial charge in [0.25, 0.3) is 0 Å². The number of rotatable bonds is 3. The van der Waals surface area contributed by atoms with Gasteiger partial charge in [0.1, 0.15) is 5.82 Å². The SMILES string of the molecule is COC(=O)C[C@@H]1CN([C@@H]2CCc3c(F)cccc32)CCO1. The lowest BCUT2D eigenvalue weighted by atomic mass is 10.0. The van der Waals surface area contributed by atoms with Gasteiger partial charge in [-0.15, -0.1) is 0 Å². The van der Waals surface area contributed by atoms with Gasteiger partial charge in [0, 0.05) is 19.1 Å². The van der Waals surface area contributed by atoms with Crippen LogP contribution in [0.5, 0.6) is 0 Å². The minimum absolute atomic E-state index is 0.102. The number of carbonyl (C=O) groups excluding carboxylic acids is 1. The molecular formula is C16H20FNO3. The van der Waals surface area contributed by atoms with E-state index in [4.69, 9.17) is 9.47 Å². The number of esters is 1. The van der Waals surface area contributed by atoms with Gasteiger partial charge in [-0.3, -0.25) is 9.69 Å². The van der Waals surface area contributed by atoms with Crippen molar-refractivity contribution < 1.29 is 18.7 Å². The molecule has 4 nitrogen and oxygen atoms in total. The Morgan fingerprint density at radius 1 is 1.52 bits per heavy atom. The van der Waals surface area contributed by atoms with Gasteiger partial charge in [-0.05, 0) is 30.0 Å². The average Bonchev–Trinajstić information content (AvgIpc) is 2.93. The molecule has 3 rings (SSSR count). The zero-order valence-corrected chi connectivity index (χ0v) is 12.2. The minimum atomic E-state index is -0.250. The number of morpholine rings is 1. The van der Waals surface area contributed by atoms with E-state index in [0.717, 1.165) is 30.5 Å². The van der Waals surface area contributed by atoms with Crippen LogP contribution >= 0.6 is 0 Å². The first-order valence-electron chi connectivity index (χ1n) is 7.39. The molecule has 1 aliphatic carbocycles. The molecule has 1 aromatic rings. The standard InChI is InChI=1S/C16H20FNO3/c1-20-16(19)9-11-10-18(7-8-21-11)15-6-5-12-13(15)3-2-4-14(12)17/h2-4,11,15H,5-10H2,1H3/t11-,15-/m1/s1. The first kappa shape index (κ1) is 14.5. The van der Waals surface area contributed by atoms with Crippen LogP contribution in [0.4, 0.5) is 4.39 Å². The molecule has 0 bridgehead atoms. The summed E-state index contributed by atoms with van der Waals surface area (Å²) in [4.78, 5) is 13.7. The lowest BCUT2D eigenvalue weighted by Gasteiger charge is -2.36. The van der Waals surface area contributed by atoms with Crippen molar-refractivity contribution in [2.24, 2.45) is 0 Å². The van der Waals surface area contributed by atoms with Crippen molar-refractivity contribution in [3.05, 3.63) is 35.1 Å². The van der Waals surface area contributed by atoms with Gasteiger partial charge in [-0.2, -0.15) is 0 Å². The fraction of sp³-hybridized carbons (Fsp3) is 0.562. The molecule has 0 unspecified atom stereocenters. The van der Waals surface area contributed by atoms with Gasteiger partial charge in [0.05, 0.1) is 26.2 Å². The van der Waals surface area contributed by atoms with E-state index in [0.29, 0.717) is 13.2 Å². The second-order valence-corrected chi connectivity index (χ2v) is 5.63. The topological polar surface area (TPSA) is 38.8 Å². The Kier molecular flexibility index (Phi) is 4.22. The van der Waals surface area contributed by atoms with E-state index >= 15 is 0 Å². The highest BCUT2D eigenvalue weighted by Gasteiger charge is 2.33. The number of benzene rings is 1. The monoisotopic (exact) mass is 293 g/mol. The number of fused-ring (bicyclic) bond motifs is 1. The summed E-state index contributed by atoms with van der Waals surface area (Å²) in [5, 5.41) is 0. The van der Waals surface area contributed by atoms with Crippen molar-refractivity contribution in [2.45, 2.75) is 31.4 Å². The fourth-order valence-electron chi connectivity index (χ4n) is 3.39. The van der Waals surface area contributed by atoms with Crippen molar-refractivity contribution in [1.29, 1.82) is 0 Å². The molecule has 21 heavy (non-hydrogen) atoms. The molecular weight excluding hydrogens is 273 g/mol. The average molecular weight is 293 g/mol. The van der Waals surface area contributed by atoms with E-state index in [1.807, 2.05) is 6.07 Å². The van der Waals surface area contributed by atoms with Crippen LogP contribution < -0.4 is 0 Å². The summed E-state index contributed by atoms with van der Waals surface area (Å²) in [6.07, 6.45) is 1.85. The number of hydrogen-bond donors (Lipinski definition) is 0. The van der Waals surface area contributed by atoms with Gasteiger partial charge in [0.15, 0.2) is 0 Å². The van der Waals surface area contributed by atoms with E-state index in [2.05, 4.69) is 4.90 Å². The van der Waals surface area contributed by atoms with Crippen LogP contribution in [0.1, 0.15) is 30.0 Å². The second-order valence-electron chi connectivity index (χ2n) is 5.63. The molecule has 1 fully saturated rings. The predicted molar refractivity (Wildman–Crippen MR) is 75.4 cm³/mol. The number of hydrogen-bond acceptors (Lipinski definition) is 4. The van der Waals surface area contributed by atoms with Gasteiger partial charge in [-0.1, -0.05) is 12.1 Å². The summed E-state index contributed by atoms with van der Waals surface area (Å²) in [6.45, 7) is 2.11. The highest BCUT2D eigenvalue weighted by molar-refractivity contribution is 5.69. The molecule has 1 aliphatic heterocycles. The van der Waals surface area contributed by atoms with Gasteiger partial charge >= 0.3 is 5.97 Å². The van der Waals surface area contributed by atoms with Crippen LogP contribution in [0.2, 0.25) is 0 Å². The van der Waals surface area contributed by atoms with Crippen LogP contribution in [0.25, 0.3) is 0 Å². The first-order chi connectivity index (χ1) is 10.2. The number of methoxy groups -OCH3 is 1. The Hall–Kier alpha value is -1.46. The normalized spacial score (nSPS) is 25.6. The zero-order chi connectivity index (χ0) is 14.8. The van der Waals surface area contributed by atoms with Crippen LogP contribution in [0.15, 0.2) is 18.2 Å². The molecule has 5 heteroatoms. The lowest BCUT2D eigenvalue weighted by Crippen LogP contribution is -2.44. The minimum Gasteiger partial charge on any atom is -0.469 e. The summed E-state index contributed by atoms with van der Waals surface area (Å²) in [6, 6.07) is 5.56. The summed E-state index contributed by atoms with van der Waals surface area (Å²) >= 11 is 0. The fourth-order valence-corrected chi connectivity index (χ4v) is 3.39. The highest BCUT2D eigenvalue weighted by Crippen LogP contribution is 2.37. The Bertz CT molecular complexity index is 534. The molecule has 0 amide bonds. The largest absolute Gasteiger partial charge is 0.469 e. The summed E-state index contributed by atoms with van der Waals surface area (Å²) in [5.41, 5.74) is 1.94. The molecule has 0 saturated carbocycles. The number of halogens is 1. The lowest BCUT2D eigenvalue weighted by molar-refractivity contribution is -0.146. The molecule has 0 radical (unpaired) electrons. The van der Waals surface area contributed by atoms with Gasteiger partial charge < -0.3 is 9.47 Å². The van der Waals surface area contributed by atoms with Crippen LogP contribution in [-0.2, 0) is 20.7 Å². The molecule has 2 atom stereocenters. The Balaban J connectivity index is 1.71. The van der Waals surface area contributed by atoms with Crippen molar-refractivity contribution in [2.75, 3.05) is 26.8 Å². The van der Waals surface area contributed by atoms with Crippen LogP contribution in [-0.4, -0.2) is 43.8 Å². The van der Waals surface area contributed by atoms with E-state index in [1.165, 1.54) is 13.2 Å². The summed E-state index contributed by atoms with van der Waals surface area (Å²) < 4.78 is 24.2.